The van der Waals surface area contributed by atoms with E-state index in [0.29, 0.717) is 12.3 Å². The third kappa shape index (κ3) is 3.98. The van der Waals surface area contributed by atoms with Crippen LogP contribution in [0.25, 0.3) is 0 Å². The first-order chi connectivity index (χ1) is 9.54. The van der Waals surface area contributed by atoms with Crippen molar-refractivity contribution in [2.24, 2.45) is 5.92 Å². The van der Waals surface area contributed by atoms with Gasteiger partial charge in [-0.15, -0.1) is 0 Å². The van der Waals surface area contributed by atoms with E-state index >= 15 is 0 Å². The molecule has 0 unspecified atom stereocenters. The molecule has 1 aliphatic rings. The van der Waals surface area contributed by atoms with E-state index in [1.807, 2.05) is 0 Å². The van der Waals surface area contributed by atoms with Crippen LogP contribution in [0.1, 0.15) is 31.2 Å². The molecule has 0 aliphatic heterocycles. The van der Waals surface area contributed by atoms with Gasteiger partial charge < -0.3 is 15.5 Å². The Morgan fingerprint density at radius 3 is 2.40 bits per heavy atom. The number of phenols is 1. The first-order valence-electron chi connectivity index (χ1n) is 6.84. The number of hydrogen-bond donors (Lipinski definition) is 3. The van der Waals surface area contributed by atoms with Crippen molar-refractivity contribution in [1.29, 1.82) is 0 Å². The number of carbonyl (C=O) groups is 2. The molecule has 1 saturated carbocycles. The van der Waals surface area contributed by atoms with Gasteiger partial charge in [-0.3, -0.25) is 4.79 Å². The van der Waals surface area contributed by atoms with Crippen LogP contribution in [-0.2, 0) is 16.0 Å². The summed E-state index contributed by atoms with van der Waals surface area (Å²) in [6, 6.07) is 5.40. The highest BCUT2D eigenvalue weighted by atomic mass is 16.4. The van der Waals surface area contributed by atoms with Gasteiger partial charge in [0.2, 0.25) is 5.91 Å². The van der Waals surface area contributed by atoms with E-state index in [-0.39, 0.29) is 18.1 Å². The Bertz CT molecular complexity index is 479. The largest absolute Gasteiger partial charge is 0.508 e. The van der Waals surface area contributed by atoms with E-state index < -0.39 is 12.0 Å². The van der Waals surface area contributed by atoms with Gasteiger partial charge >= 0.3 is 5.97 Å². The molecule has 20 heavy (non-hydrogen) atoms. The average Bonchev–Trinajstić information content (AvgIpc) is 2.35. The van der Waals surface area contributed by atoms with Crippen LogP contribution in [0, 0.1) is 5.92 Å². The zero-order valence-electron chi connectivity index (χ0n) is 11.2. The van der Waals surface area contributed by atoms with Crippen molar-refractivity contribution >= 4 is 11.9 Å². The first-order valence-corrected chi connectivity index (χ1v) is 6.84. The van der Waals surface area contributed by atoms with Gasteiger partial charge in [0.25, 0.3) is 0 Å². The van der Waals surface area contributed by atoms with Crippen molar-refractivity contribution < 1.29 is 19.8 Å². The number of carbonyl (C=O) groups excluding carboxylic acids is 1. The van der Waals surface area contributed by atoms with Gasteiger partial charge in [-0.2, -0.15) is 0 Å². The lowest BCUT2D eigenvalue weighted by atomic mass is 9.83. The number of aliphatic carboxylic acids is 1. The van der Waals surface area contributed by atoms with Crippen molar-refractivity contribution in [3.63, 3.8) is 0 Å². The number of carboxylic acid groups (broad SMARTS) is 1. The molecular weight excluding hydrogens is 258 g/mol. The van der Waals surface area contributed by atoms with Crippen LogP contribution < -0.4 is 5.32 Å². The number of rotatable bonds is 6. The quantitative estimate of drug-likeness (QED) is 0.738. The van der Waals surface area contributed by atoms with Gasteiger partial charge in [0, 0.05) is 12.8 Å². The molecule has 1 amide bonds. The van der Waals surface area contributed by atoms with E-state index in [0.717, 1.165) is 24.8 Å². The minimum atomic E-state index is -1.04. The zero-order chi connectivity index (χ0) is 14.5. The second-order valence-corrected chi connectivity index (χ2v) is 5.33. The molecule has 0 bridgehead atoms. The van der Waals surface area contributed by atoms with Gasteiger partial charge in [0.15, 0.2) is 0 Å². The minimum absolute atomic E-state index is 0.134. The predicted octanol–water partition coefficient (Wildman–Crippen LogP) is 1.69. The van der Waals surface area contributed by atoms with Gasteiger partial charge in [-0.05, 0) is 36.5 Å². The van der Waals surface area contributed by atoms with Gasteiger partial charge in [-0.1, -0.05) is 18.6 Å². The fourth-order valence-corrected chi connectivity index (χ4v) is 2.28. The van der Waals surface area contributed by atoms with E-state index in [9.17, 15) is 19.8 Å². The molecule has 1 aromatic carbocycles. The Hall–Kier alpha value is -2.04. The molecular formula is C15H19NO4. The lowest BCUT2D eigenvalue weighted by Gasteiger charge is -2.25. The molecule has 108 valence electrons. The summed E-state index contributed by atoms with van der Waals surface area (Å²) >= 11 is 0. The highest BCUT2D eigenvalue weighted by Gasteiger charge is 2.24. The van der Waals surface area contributed by atoms with Gasteiger partial charge in [-0.25, -0.2) is 4.79 Å². The summed E-state index contributed by atoms with van der Waals surface area (Å²) in [6.45, 7) is 0. The van der Waals surface area contributed by atoms with Gasteiger partial charge in [0.05, 0.1) is 0 Å². The molecule has 2 rings (SSSR count). The Morgan fingerprint density at radius 2 is 1.90 bits per heavy atom. The molecule has 3 N–H and O–H groups in total. The number of phenolic OH excluding ortho intramolecular Hbond substituents is 1. The van der Waals surface area contributed by atoms with Crippen LogP contribution in [0.3, 0.4) is 0 Å². The molecule has 5 nitrogen and oxygen atoms in total. The highest BCUT2D eigenvalue weighted by molar-refractivity contribution is 5.83. The summed E-state index contributed by atoms with van der Waals surface area (Å²) in [5.41, 5.74) is 0.763. The monoisotopic (exact) mass is 277 g/mol. The summed E-state index contributed by atoms with van der Waals surface area (Å²) in [4.78, 5) is 23.0. The van der Waals surface area contributed by atoms with Crippen molar-refractivity contribution in [3.05, 3.63) is 29.8 Å². The number of hydrogen-bond acceptors (Lipinski definition) is 3. The summed E-state index contributed by atoms with van der Waals surface area (Å²) in [7, 11) is 0. The Morgan fingerprint density at radius 1 is 1.25 bits per heavy atom. The van der Waals surface area contributed by atoms with Crippen molar-refractivity contribution in [3.8, 4) is 5.75 Å². The van der Waals surface area contributed by atoms with Crippen LogP contribution in [0.15, 0.2) is 24.3 Å². The van der Waals surface area contributed by atoms with Crippen LogP contribution in [0.4, 0.5) is 0 Å². The molecule has 1 aromatic rings. The third-order valence-corrected chi connectivity index (χ3v) is 3.71. The zero-order valence-corrected chi connectivity index (χ0v) is 11.2. The smallest absolute Gasteiger partial charge is 0.326 e. The maximum atomic E-state index is 11.8. The lowest BCUT2D eigenvalue weighted by Crippen LogP contribution is -2.43. The lowest BCUT2D eigenvalue weighted by molar-refractivity contribution is -0.142. The molecule has 0 spiro atoms. The summed E-state index contributed by atoms with van der Waals surface area (Å²) < 4.78 is 0. The second-order valence-electron chi connectivity index (χ2n) is 5.33. The molecule has 1 fully saturated rings. The maximum Gasteiger partial charge on any atom is 0.326 e. The molecule has 0 aromatic heterocycles. The van der Waals surface area contributed by atoms with Crippen LogP contribution in [-0.4, -0.2) is 28.1 Å². The number of carboxylic acids is 1. The predicted molar refractivity (Wildman–Crippen MR) is 73.3 cm³/mol. The first kappa shape index (κ1) is 14.4. The normalized spacial score (nSPS) is 16.2. The minimum Gasteiger partial charge on any atom is -0.508 e. The van der Waals surface area contributed by atoms with E-state index in [1.54, 1.807) is 12.1 Å². The average molecular weight is 277 g/mol. The Kier molecular flexibility index (Phi) is 4.61. The topological polar surface area (TPSA) is 86.6 Å². The van der Waals surface area contributed by atoms with Gasteiger partial charge in [0.1, 0.15) is 11.8 Å². The second kappa shape index (κ2) is 6.41. The van der Waals surface area contributed by atoms with E-state index in [2.05, 4.69) is 5.32 Å². The standard InChI is InChI=1S/C15H19NO4/c17-12-6-4-11(5-7-12)8-13(15(19)20)16-14(18)9-10-2-1-3-10/h4-7,10,13,17H,1-3,8-9H2,(H,16,18)(H,19,20)/t13-/m0/s1. The number of benzene rings is 1. The Balaban J connectivity index is 1.90. The van der Waals surface area contributed by atoms with Crippen molar-refractivity contribution in [2.75, 3.05) is 0 Å². The molecule has 5 heteroatoms. The number of aromatic hydroxyl groups is 1. The number of nitrogens with one attached hydrogen (secondary N) is 1. The van der Waals surface area contributed by atoms with Crippen molar-refractivity contribution in [1.82, 2.24) is 5.32 Å². The molecule has 1 atom stereocenters. The van der Waals surface area contributed by atoms with E-state index in [1.165, 1.54) is 12.1 Å². The molecule has 1 aliphatic carbocycles. The van der Waals surface area contributed by atoms with Crippen LogP contribution in [0.5, 0.6) is 5.75 Å². The Labute approximate surface area is 117 Å². The summed E-state index contributed by atoms with van der Waals surface area (Å²) in [5, 5.41) is 20.9. The molecule has 0 heterocycles. The van der Waals surface area contributed by atoms with Crippen molar-refractivity contribution in [2.45, 2.75) is 38.1 Å². The highest BCUT2D eigenvalue weighted by Crippen LogP contribution is 2.29. The fraction of sp³-hybridized carbons (Fsp3) is 0.467. The van der Waals surface area contributed by atoms with E-state index in [4.69, 9.17) is 0 Å². The van der Waals surface area contributed by atoms with Crippen LogP contribution >= 0.6 is 0 Å². The van der Waals surface area contributed by atoms with Crippen LogP contribution in [0.2, 0.25) is 0 Å². The molecule has 0 saturated heterocycles. The molecule has 0 radical (unpaired) electrons. The fourth-order valence-electron chi connectivity index (χ4n) is 2.28. The summed E-state index contributed by atoms with van der Waals surface area (Å²) in [6.07, 6.45) is 3.91. The third-order valence-electron chi connectivity index (χ3n) is 3.71. The SMILES string of the molecule is O=C(CC1CCC1)N[C@@H](Cc1ccc(O)cc1)C(=O)O. The number of amides is 1. The maximum absolute atomic E-state index is 11.8. The summed E-state index contributed by atoms with van der Waals surface area (Å²) in [5.74, 6) is -0.686.